The minimum atomic E-state index is 0.429. The maximum absolute atomic E-state index is 4.22. The molecule has 4 rings (SSSR count). The molecule has 0 spiro atoms. The van der Waals surface area contributed by atoms with Gasteiger partial charge in [-0.2, -0.15) is 4.68 Å². The van der Waals surface area contributed by atoms with Gasteiger partial charge in [0.15, 0.2) is 0 Å². The summed E-state index contributed by atoms with van der Waals surface area (Å²) in [6.45, 7) is 0. The van der Waals surface area contributed by atoms with E-state index in [1.807, 2.05) is 35.0 Å². The summed E-state index contributed by atoms with van der Waals surface area (Å²) in [5, 5.41) is 13.5. The molecule has 4 nitrogen and oxygen atoms in total. The fourth-order valence-electron chi connectivity index (χ4n) is 2.94. The highest BCUT2D eigenvalue weighted by Gasteiger charge is 2.23. The van der Waals surface area contributed by atoms with Gasteiger partial charge >= 0.3 is 0 Å². The van der Waals surface area contributed by atoms with Crippen LogP contribution in [0.4, 0.5) is 0 Å². The zero-order valence-electron chi connectivity index (χ0n) is 12.1. The molecule has 0 saturated carbocycles. The summed E-state index contributed by atoms with van der Waals surface area (Å²) < 4.78 is 1.82. The van der Waals surface area contributed by atoms with E-state index in [4.69, 9.17) is 0 Å². The maximum Gasteiger partial charge on any atom is 0.214 e. The van der Waals surface area contributed by atoms with Gasteiger partial charge in [-0.15, -0.1) is 5.10 Å². The van der Waals surface area contributed by atoms with Gasteiger partial charge in [-0.3, -0.25) is 0 Å². The van der Waals surface area contributed by atoms with Crippen LogP contribution in [-0.2, 0) is 6.42 Å². The van der Waals surface area contributed by atoms with E-state index >= 15 is 0 Å². The molecule has 0 radical (unpaired) electrons. The molecular formula is C17H16N4S. The average molecular weight is 308 g/mol. The van der Waals surface area contributed by atoms with E-state index in [0.717, 1.165) is 10.8 Å². The lowest BCUT2D eigenvalue weighted by Gasteiger charge is -2.24. The lowest BCUT2D eigenvalue weighted by molar-refractivity contribution is 0.669. The monoisotopic (exact) mass is 308 g/mol. The maximum atomic E-state index is 4.22. The fourth-order valence-corrected chi connectivity index (χ4v) is 4.16. The van der Waals surface area contributed by atoms with Crippen molar-refractivity contribution >= 4 is 11.8 Å². The minimum Gasteiger partial charge on any atom is -0.187 e. The van der Waals surface area contributed by atoms with Crippen LogP contribution in [-0.4, -0.2) is 20.2 Å². The van der Waals surface area contributed by atoms with Crippen molar-refractivity contribution in [1.82, 2.24) is 20.2 Å². The van der Waals surface area contributed by atoms with Gasteiger partial charge in [0.05, 0.1) is 5.69 Å². The van der Waals surface area contributed by atoms with E-state index in [1.165, 1.54) is 30.4 Å². The predicted molar refractivity (Wildman–Crippen MR) is 87.1 cm³/mol. The number of thioether (sulfide) groups is 1. The number of aryl methyl sites for hydroxylation is 1. The van der Waals surface area contributed by atoms with Gasteiger partial charge in [-0.05, 0) is 52.9 Å². The van der Waals surface area contributed by atoms with E-state index in [2.05, 4.69) is 39.8 Å². The standard InChI is InChI=1S/C17H16N4S/c1-2-9-14(10-3-1)21-17(18-19-20-21)22-16-12-6-8-13-7-4-5-11-15(13)16/h1-5,7,9-11,16H,6,8,12H2. The van der Waals surface area contributed by atoms with Crippen molar-refractivity contribution < 1.29 is 0 Å². The summed E-state index contributed by atoms with van der Waals surface area (Å²) in [6, 6.07) is 18.8. The molecule has 1 atom stereocenters. The molecule has 0 saturated heterocycles. The normalized spacial score (nSPS) is 17.2. The van der Waals surface area contributed by atoms with Crippen molar-refractivity contribution in [3.8, 4) is 5.69 Å². The van der Waals surface area contributed by atoms with E-state index in [1.54, 1.807) is 11.8 Å². The van der Waals surface area contributed by atoms with Gasteiger partial charge in [0.1, 0.15) is 0 Å². The number of benzene rings is 2. The minimum absolute atomic E-state index is 0.429. The average Bonchev–Trinajstić information content (AvgIpc) is 3.04. The number of fused-ring (bicyclic) bond motifs is 1. The fraction of sp³-hybridized carbons (Fsp3) is 0.235. The lowest BCUT2D eigenvalue weighted by atomic mass is 9.91. The van der Waals surface area contributed by atoms with Crippen molar-refractivity contribution in [3.63, 3.8) is 0 Å². The molecular weight excluding hydrogens is 292 g/mol. The van der Waals surface area contributed by atoms with Crippen molar-refractivity contribution in [1.29, 1.82) is 0 Å². The van der Waals surface area contributed by atoms with Crippen molar-refractivity contribution in [2.24, 2.45) is 0 Å². The molecule has 1 heterocycles. The van der Waals surface area contributed by atoms with Crippen LogP contribution in [0.2, 0.25) is 0 Å². The number of hydrogen-bond donors (Lipinski definition) is 0. The summed E-state index contributed by atoms with van der Waals surface area (Å²) in [4.78, 5) is 0. The largest absolute Gasteiger partial charge is 0.214 e. The van der Waals surface area contributed by atoms with Gasteiger partial charge in [0, 0.05) is 5.25 Å². The quantitative estimate of drug-likeness (QED) is 0.737. The van der Waals surface area contributed by atoms with E-state index < -0.39 is 0 Å². The predicted octanol–water partition coefficient (Wildman–Crippen LogP) is 3.83. The molecule has 0 N–H and O–H groups in total. The highest BCUT2D eigenvalue weighted by molar-refractivity contribution is 7.99. The van der Waals surface area contributed by atoms with Crippen LogP contribution in [0, 0.1) is 0 Å². The highest BCUT2D eigenvalue weighted by Crippen LogP contribution is 2.42. The van der Waals surface area contributed by atoms with Crippen LogP contribution in [0.25, 0.3) is 5.69 Å². The van der Waals surface area contributed by atoms with Crippen LogP contribution < -0.4 is 0 Å². The number of para-hydroxylation sites is 1. The third kappa shape index (κ3) is 2.52. The second kappa shape index (κ2) is 5.93. The lowest BCUT2D eigenvalue weighted by Crippen LogP contribution is -2.08. The van der Waals surface area contributed by atoms with Crippen LogP contribution in [0.1, 0.15) is 29.2 Å². The first kappa shape index (κ1) is 13.5. The summed E-state index contributed by atoms with van der Waals surface area (Å²) >= 11 is 1.76. The summed E-state index contributed by atoms with van der Waals surface area (Å²) in [5.74, 6) is 0. The zero-order chi connectivity index (χ0) is 14.8. The highest BCUT2D eigenvalue weighted by atomic mass is 32.2. The SMILES string of the molecule is c1ccc(-n2nnnc2SC2CCCc3ccccc32)cc1. The van der Waals surface area contributed by atoms with E-state index in [-0.39, 0.29) is 0 Å². The smallest absolute Gasteiger partial charge is 0.187 e. The Morgan fingerprint density at radius 2 is 1.82 bits per heavy atom. The first-order chi connectivity index (χ1) is 10.9. The van der Waals surface area contributed by atoms with Gasteiger partial charge in [0.2, 0.25) is 5.16 Å². The van der Waals surface area contributed by atoms with Crippen molar-refractivity contribution in [3.05, 3.63) is 65.7 Å². The Labute approximate surface area is 133 Å². The third-order valence-corrected chi connectivity index (χ3v) is 5.24. The Hall–Kier alpha value is -2.14. The van der Waals surface area contributed by atoms with Crippen LogP contribution >= 0.6 is 11.8 Å². The molecule has 0 aliphatic heterocycles. The second-order valence-electron chi connectivity index (χ2n) is 5.41. The molecule has 1 aliphatic carbocycles. The molecule has 1 unspecified atom stereocenters. The zero-order valence-corrected chi connectivity index (χ0v) is 12.9. The molecule has 0 bridgehead atoms. The first-order valence-electron chi connectivity index (χ1n) is 7.50. The van der Waals surface area contributed by atoms with Gasteiger partial charge in [0.25, 0.3) is 0 Å². The van der Waals surface area contributed by atoms with Crippen molar-refractivity contribution in [2.75, 3.05) is 0 Å². The molecule has 0 amide bonds. The first-order valence-corrected chi connectivity index (χ1v) is 8.38. The number of hydrogen-bond acceptors (Lipinski definition) is 4. The number of aromatic nitrogens is 4. The third-order valence-electron chi connectivity index (χ3n) is 4.00. The van der Waals surface area contributed by atoms with Gasteiger partial charge < -0.3 is 0 Å². The van der Waals surface area contributed by atoms with E-state index in [0.29, 0.717) is 5.25 Å². The number of nitrogens with zero attached hydrogens (tertiary/aromatic N) is 4. The Morgan fingerprint density at radius 3 is 2.73 bits per heavy atom. The van der Waals surface area contributed by atoms with Crippen LogP contribution in [0.3, 0.4) is 0 Å². The number of tetrazole rings is 1. The Bertz CT molecular complexity index is 769. The van der Waals surface area contributed by atoms with E-state index in [9.17, 15) is 0 Å². The molecule has 2 aromatic carbocycles. The molecule has 3 aromatic rings. The molecule has 1 aliphatic rings. The van der Waals surface area contributed by atoms with Crippen molar-refractivity contribution in [2.45, 2.75) is 29.7 Å². The Balaban J connectivity index is 1.65. The topological polar surface area (TPSA) is 43.6 Å². The summed E-state index contributed by atoms with van der Waals surface area (Å²) in [6.07, 6.45) is 3.57. The molecule has 110 valence electrons. The molecule has 1 aromatic heterocycles. The molecule has 0 fully saturated rings. The number of rotatable bonds is 3. The second-order valence-corrected chi connectivity index (χ2v) is 6.58. The molecule has 22 heavy (non-hydrogen) atoms. The summed E-state index contributed by atoms with van der Waals surface area (Å²) in [5.41, 5.74) is 3.89. The van der Waals surface area contributed by atoms with Gasteiger partial charge in [-0.1, -0.05) is 54.2 Å². The Morgan fingerprint density at radius 1 is 1.00 bits per heavy atom. The molecule has 5 heteroatoms. The van der Waals surface area contributed by atoms with Crippen LogP contribution in [0.5, 0.6) is 0 Å². The Kier molecular flexibility index (Phi) is 3.64. The van der Waals surface area contributed by atoms with Gasteiger partial charge in [-0.25, -0.2) is 0 Å². The van der Waals surface area contributed by atoms with Crippen LogP contribution in [0.15, 0.2) is 59.8 Å². The summed E-state index contributed by atoms with van der Waals surface area (Å²) in [7, 11) is 0.